The van der Waals surface area contributed by atoms with E-state index in [2.05, 4.69) is 10.1 Å². The largest absolute Gasteiger partial charge is 0.466 e. The molecular formula is C25H19FN4O4S. The van der Waals surface area contributed by atoms with Gasteiger partial charge >= 0.3 is 5.97 Å². The number of amides is 1. The van der Waals surface area contributed by atoms with Crippen molar-refractivity contribution in [3.05, 3.63) is 90.6 Å². The fourth-order valence-corrected chi connectivity index (χ4v) is 4.98. The molecule has 1 aliphatic heterocycles. The number of rotatable bonds is 4. The lowest BCUT2D eigenvalue weighted by molar-refractivity contribution is -0.133. The van der Waals surface area contributed by atoms with Gasteiger partial charge in [-0.2, -0.15) is 5.26 Å². The molecule has 35 heavy (non-hydrogen) atoms. The molecule has 0 bridgehead atoms. The number of allylic oxidation sites excluding steroid dienone is 1. The van der Waals surface area contributed by atoms with Gasteiger partial charge in [-0.25, -0.2) is 9.18 Å². The highest BCUT2D eigenvalue weighted by Gasteiger charge is 2.35. The first-order chi connectivity index (χ1) is 16.7. The summed E-state index contributed by atoms with van der Waals surface area (Å²) in [7, 11) is 1.17. The molecule has 0 aliphatic carbocycles. The summed E-state index contributed by atoms with van der Waals surface area (Å²) in [5.41, 5.74) is 7.45. The molecule has 0 radical (unpaired) electrons. The summed E-state index contributed by atoms with van der Waals surface area (Å²) < 4.78 is 19.5. The molecule has 0 fully saturated rings. The summed E-state index contributed by atoms with van der Waals surface area (Å²) in [6.07, 6.45) is 1.00. The molecule has 1 aliphatic rings. The quantitative estimate of drug-likeness (QED) is 0.535. The number of halogens is 1. The van der Waals surface area contributed by atoms with E-state index in [4.69, 9.17) is 5.73 Å². The molecule has 10 heteroatoms. The molecule has 1 amide bonds. The van der Waals surface area contributed by atoms with E-state index in [0.29, 0.717) is 11.3 Å². The van der Waals surface area contributed by atoms with Crippen molar-refractivity contribution in [3.8, 4) is 6.07 Å². The van der Waals surface area contributed by atoms with Gasteiger partial charge in [-0.1, -0.05) is 24.3 Å². The number of methoxy groups -OCH3 is 1. The zero-order valence-corrected chi connectivity index (χ0v) is 19.5. The Labute approximate surface area is 202 Å². The molecule has 8 nitrogen and oxygen atoms in total. The topological polar surface area (TPSA) is 127 Å². The summed E-state index contributed by atoms with van der Waals surface area (Å²) in [4.78, 5) is 38.6. The predicted octanol–water partition coefficient (Wildman–Crippen LogP) is 1.55. The highest BCUT2D eigenvalue weighted by Crippen LogP contribution is 2.36. The SMILES string of the molecule is COC(=O)/C=c1\sc2n(c1=O)C(N)=C(C#N)[C@H](c1ccc(F)cc1)C=2C(=O)Nc1cccc(C)c1. The zero-order valence-electron chi connectivity index (χ0n) is 18.7. The van der Waals surface area contributed by atoms with E-state index in [-0.39, 0.29) is 26.2 Å². The summed E-state index contributed by atoms with van der Waals surface area (Å²) in [6, 6.07) is 14.4. The molecule has 2 heterocycles. The highest BCUT2D eigenvalue weighted by molar-refractivity contribution is 7.07. The van der Waals surface area contributed by atoms with Crippen molar-refractivity contribution in [3.63, 3.8) is 0 Å². The predicted molar refractivity (Wildman–Crippen MR) is 130 cm³/mol. The van der Waals surface area contributed by atoms with Crippen LogP contribution in [0.1, 0.15) is 17.0 Å². The number of aromatic nitrogens is 1. The van der Waals surface area contributed by atoms with Crippen molar-refractivity contribution >= 4 is 46.4 Å². The first-order valence-electron chi connectivity index (χ1n) is 10.3. The maximum atomic E-state index is 13.7. The van der Waals surface area contributed by atoms with Gasteiger partial charge in [0.1, 0.15) is 20.8 Å². The highest BCUT2D eigenvalue weighted by atomic mass is 32.1. The number of nitrogens with two attached hydrogens (primary N) is 1. The lowest BCUT2D eigenvalue weighted by atomic mass is 9.83. The van der Waals surface area contributed by atoms with Crippen LogP contribution in [-0.2, 0) is 14.3 Å². The molecule has 3 N–H and O–H groups in total. The Morgan fingerprint density at radius 3 is 2.60 bits per heavy atom. The molecule has 0 saturated carbocycles. The fraction of sp³-hybridized carbons (Fsp3) is 0.120. The third-order valence-corrected chi connectivity index (χ3v) is 6.55. The average Bonchev–Trinajstić information content (AvgIpc) is 3.15. The van der Waals surface area contributed by atoms with E-state index >= 15 is 0 Å². The number of carbonyl (C=O) groups is 2. The number of nitriles is 1. The Bertz CT molecular complexity index is 1610. The lowest BCUT2D eigenvalue weighted by Crippen LogP contribution is -2.40. The van der Waals surface area contributed by atoms with Crippen LogP contribution in [0.15, 0.2) is 58.9 Å². The van der Waals surface area contributed by atoms with Crippen LogP contribution in [0, 0.1) is 24.1 Å². The average molecular weight is 491 g/mol. The van der Waals surface area contributed by atoms with Crippen LogP contribution in [0.4, 0.5) is 10.1 Å². The van der Waals surface area contributed by atoms with Crippen LogP contribution in [0.25, 0.3) is 17.5 Å². The van der Waals surface area contributed by atoms with Crippen molar-refractivity contribution in [2.75, 3.05) is 12.4 Å². The molecule has 3 aromatic rings. The smallest absolute Gasteiger partial charge is 0.332 e. The number of nitrogens with one attached hydrogen (secondary N) is 1. The first-order valence-corrected chi connectivity index (χ1v) is 11.2. The lowest BCUT2D eigenvalue weighted by Gasteiger charge is -2.25. The second-order valence-electron chi connectivity index (χ2n) is 7.71. The molecule has 2 aromatic carbocycles. The van der Waals surface area contributed by atoms with E-state index < -0.39 is 29.2 Å². The Morgan fingerprint density at radius 1 is 1.26 bits per heavy atom. The third-order valence-electron chi connectivity index (χ3n) is 5.44. The minimum absolute atomic E-state index is 0.0206. The van der Waals surface area contributed by atoms with Gasteiger partial charge < -0.3 is 15.8 Å². The third kappa shape index (κ3) is 4.37. The number of esters is 1. The number of ether oxygens (including phenoxy) is 1. The number of hydrogen-bond donors (Lipinski definition) is 2. The van der Waals surface area contributed by atoms with Crippen LogP contribution >= 0.6 is 11.3 Å². The molecule has 0 saturated heterocycles. The molecule has 176 valence electrons. The van der Waals surface area contributed by atoms with Crippen molar-refractivity contribution in [2.24, 2.45) is 5.73 Å². The van der Waals surface area contributed by atoms with Crippen molar-refractivity contribution in [2.45, 2.75) is 12.8 Å². The van der Waals surface area contributed by atoms with E-state index in [1.54, 1.807) is 18.2 Å². The summed E-state index contributed by atoms with van der Waals surface area (Å²) in [6.45, 7) is 1.87. The number of aryl methyl sites for hydroxylation is 1. The van der Waals surface area contributed by atoms with Gasteiger partial charge in [-0.3, -0.25) is 14.2 Å². The number of hydrogen-bond acceptors (Lipinski definition) is 7. The molecule has 1 atom stereocenters. The van der Waals surface area contributed by atoms with Gasteiger partial charge in [-0.05, 0) is 42.3 Å². The van der Waals surface area contributed by atoms with E-state index in [1.165, 1.54) is 31.4 Å². The van der Waals surface area contributed by atoms with Gasteiger partial charge in [0, 0.05) is 11.8 Å². The zero-order chi connectivity index (χ0) is 25.3. The van der Waals surface area contributed by atoms with Crippen LogP contribution in [0.5, 0.6) is 0 Å². The van der Waals surface area contributed by atoms with Gasteiger partial charge in [0.2, 0.25) is 0 Å². The second kappa shape index (κ2) is 9.40. The van der Waals surface area contributed by atoms with Crippen molar-refractivity contribution < 1.29 is 18.7 Å². The van der Waals surface area contributed by atoms with Crippen molar-refractivity contribution in [1.29, 1.82) is 5.26 Å². The maximum Gasteiger partial charge on any atom is 0.332 e. The number of fused-ring (bicyclic) bond motifs is 1. The fourth-order valence-electron chi connectivity index (χ4n) is 3.84. The normalized spacial score (nSPS) is 15.4. The molecule has 0 unspecified atom stereocenters. The summed E-state index contributed by atoms with van der Waals surface area (Å²) >= 11 is 0.872. The van der Waals surface area contributed by atoms with Gasteiger partial charge in [0.15, 0.2) is 0 Å². The number of nitrogens with zero attached hydrogens (tertiary/aromatic N) is 2. The minimum Gasteiger partial charge on any atom is -0.466 e. The Morgan fingerprint density at radius 2 is 1.97 bits per heavy atom. The molecule has 1 aromatic heterocycles. The van der Waals surface area contributed by atoms with Crippen LogP contribution < -0.4 is 25.8 Å². The van der Waals surface area contributed by atoms with Gasteiger partial charge in [-0.15, -0.1) is 11.3 Å². The summed E-state index contributed by atoms with van der Waals surface area (Å²) in [5, 5.41) is 12.8. The second-order valence-corrected chi connectivity index (χ2v) is 8.74. The van der Waals surface area contributed by atoms with Gasteiger partial charge in [0.05, 0.1) is 30.2 Å². The number of thiazole rings is 1. The summed E-state index contributed by atoms with van der Waals surface area (Å²) in [5.74, 6) is -2.98. The van der Waals surface area contributed by atoms with E-state index in [1.807, 2.05) is 19.1 Å². The molecule has 0 spiro atoms. The van der Waals surface area contributed by atoms with E-state index in [0.717, 1.165) is 27.5 Å². The first kappa shape index (κ1) is 23.7. The number of benzene rings is 2. The maximum absolute atomic E-state index is 13.7. The van der Waals surface area contributed by atoms with E-state index in [9.17, 15) is 24.0 Å². The van der Waals surface area contributed by atoms with Gasteiger partial charge in [0.25, 0.3) is 11.5 Å². The van der Waals surface area contributed by atoms with Crippen LogP contribution in [0.2, 0.25) is 0 Å². The van der Waals surface area contributed by atoms with Crippen LogP contribution in [0.3, 0.4) is 0 Å². The monoisotopic (exact) mass is 490 g/mol. The number of anilines is 1. The Hall–Kier alpha value is -4.49. The minimum atomic E-state index is -0.977. The standard InChI is InChI=1S/C25H19FN4O4S/c1-13-4-3-5-16(10-13)29-23(32)21-20(14-6-8-15(26)9-7-14)17(12-27)22(28)30-24(33)18(35-25(21)30)11-19(31)34-2/h3-11,20H,28H2,1-2H3,(H,29,32)/b18-11-/t20-/m0/s1. The van der Waals surface area contributed by atoms with Crippen molar-refractivity contribution in [1.82, 2.24) is 4.57 Å². The van der Waals surface area contributed by atoms with Crippen LogP contribution in [-0.4, -0.2) is 23.6 Å². The number of carbonyl (C=O) groups excluding carboxylic acids is 2. The Balaban J connectivity index is 2.05. The molecular weight excluding hydrogens is 471 g/mol. The molecule has 4 rings (SSSR count). The Kier molecular flexibility index (Phi) is 6.36.